The summed E-state index contributed by atoms with van der Waals surface area (Å²) < 4.78 is 5.54. The largest absolute Gasteiger partial charge is 0.508 e. The summed E-state index contributed by atoms with van der Waals surface area (Å²) in [5.74, 6) is 1.89. The van der Waals surface area contributed by atoms with Crippen LogP contribution in [0.5, 0.6) is 5.75 Å². The van der Waals surface area contributed by atoms with E-state index in [1.54, 1.807) is 12.1 Å². The number of phenols is 1. The predicted molar refractivity (Wildman–Crippen MR) is 71.7 cm³/mol. The smallest absolute Gasteiger partial charge is 0.153 e. The Balaban J connectivity index is 1.99. The molecular formula is C14H11NO2S. The molecule has 0 atom stereocenters. The number of aromatic nitrogens is 1. The standard InChI is InChI=1S/C14H11NO2S/c1-9-5-6-13(17-9)12-8-18-14(15-12)10-3-2-4-11(16)7-10/h2-8,16H,1H3. The second-order valence-electron chi connectivity index (χ2n) is 4.00. The van der Waals surface area contributed by atoms with Crippen LogP contribution >= 0.6 is 11.3 Å². The van der Waals surface area contributed by atoms with E-state index in [1.807, 2.05) is 36.6 Å². The molecule has 0 radical (unpaired) electrons. The first-order valence-electron chi connectivity index (χ1n) is 5.54. The summed E-state index contributed by atoms with van der Waals surface area (Å²) in [6, 6.07) is 10.9. The maximum Gasteiger partial charge on any atom is 0.153 e. The summed E-state index contributed by atoms with van der Waals surface area (Å²) in [5.41, 5.74) is 1.74. The van der Waals surface area contributed by atoms with Crippen LogP contribution in [0.15, 0.2) is 46.2 Å². The van der Waals surface area contributed by atoms with Crippen LogP contribution in [0.4, 0.5) is 0 Å². The fraction of sp³-hybridized carbons (Fsp3) is 0.0714. The minimum atomic E-state index is 0.248. The van der Waals surface area contributed by atoms with Crippen molar-refractivity contribution in [2.75, 3.05) is 0 Å². The van der Waals surface area contributed by atoms with E-state index in [4.69, 9.17) is 4.42 Å². The Labute approximate surface area is 108 Å². The van der Waals surface area contributed by atoms with Gasteiger partial charge in [0.25, 0.3) is 0 Å². The highest BCUT2D eigenvalue weighted by Crippen LogP contribution is 2.30. The number of benzene rings is 1. The minimum Gasteiger partial charge on any atom is -0.508 e. The molecule has 1 N–H and O–H groups in total. The van der Waals surface area contributed by atoms with Gasteiger partial charge in [0.1, 0.15) is 22.2 Å². The predicted octanol–water partition coefficient (Wildman–Crippen LogP) is 4.08. The van der Waals surface area contributed by atoms with Crippen LogP contribution in [0.3, 0.4) is 0 Å². The zero-order valence-corrected chi connectivity index (χ0v) is 10.6. The Morgan fingerprint density at radius 3 is 2.83 bits per heavy atom. The minimum absolute atomic E-state index is 0.248. The first-order chi connectivity index (χ1) is 8.72. The molecule has 3 nitrogen and oxygen atoms in total. The van der Waals surface area contributed by atoms with Gasteiger partial charge in [-0.05, 0) is 31.2 Å². The van der Waals surface area contributed by atoms with Crippen molar-refractivity contribution in [1.29, 1.82) is 0 Å². The number of aryl methyl sites for hydroxylation is 1. The normalized spacial score (nSPS) is 10.7. The average molecular weight is 257 g/mol. The molecular weight excluding hydrogens is 246 g/mol. The van der Waals surface area contributed by atoms with Gasteiger partial charge in [-0.3, -0.25) is 0 Å². The van der Waals surface area contributed by atoms with Gasteiger partial charge in [-0.2, -0.15) is 0 Å². The first-order valence-corrected chi connectivity index (χ1v) is 6.42. The van der Waals surface area contributed by atoms with Gasteiger partial charge in [0.2, 0.25) is 0 Å². The van der Waals surface area contributed by atoms with E-state index in [9.17, 15) is 5.11 Å². The molecule has 0 bridgehead atoms. The summed E-state index contributed by atoms with van der Waals surface area (Å²) in [7, 11) is 0. The van der Waals surface area contributed by atoms with Gasteiger partial charge in [-0.1, -0.05) is 12.1 Å². The number of phenolic OH excluding ortho intramolecular Hbond substituents is 1. The van der Waals surface area contributed by atoms with E-state index >= 15 is 0 Å². The SMILES string of the molecule is Cc1ccc(-c2csc(-c3cccc(O)c3)n2)o1. The number of rotatable bonds is 2. The molecule has 1 aromatic carbocycles. The molecule has 2 heterocycles. The van der Waals surface area contributed by atoms with Crippen molar-refractivity contribution in [3.8, 4) is 27.8 Å². The van der Waals surface area contributed by atoms with Crippen LogP contribution < -0.4 is 0 Å². The zero-order chi connectivity index (χ0) is 12.5. The van der Waals surface area contributed by atoms with E-state index in [2.05, 4.69) is 4.98 Å². The van der Waals surface area contributed by atoms with Crippen LogP contribution in [0.2, 0.25) is 0 Å². The van der Waals surface area contributed by atoms with Crippen molar-refractivity contribution in [1.82, 2.24) is 4.98 Å². The van der Waals surface area contributed by atoms with Gasteiger partial charge in [-0.15, -0.1) is 11.3 Å². The van der Waals surface area contributed by atoms with Crippen LogP contribution in [0.25, 0.3) is 22.0 Å². The Morgan fingerprint density at radius 1 is 1.22 bits per heavy atom. The van der Waals surface area contributed by atoms with Gasteiger partial charge in [0.05, 0.1) is 0 Å². The van der Waals surface area contributed by atoms with E-state index in [1.165, 1.54) is 11.3 Å². The lowest BCUT2D eigenvalue weighted by Gasteiger charge is -1.96. The van der Waals surface area contributed by atoms with E-state index in [0.717, 1.165) is 27.8 Å². The Morgan fingerprint density at radius 2 is 2.11 bits per heavy atom. The van der Waals surface area contributed by atoms with Gasteiger partial charge >= 0.3 is 0 Å². The second-order valence-corrected chi connectivity index (χ2v) is 4.86. The first kappa shape index (κ1) is 11.0. The number of furan rings is 1. The molecule has 0 saturated heterocycles. The molecule has 90 valence electrons. The van der Waals surface area contributed by atoms with Crippen molar-refractivity contribution in [2.45, 2.75) is 6.92 Å². The molecule has 2 aromatic heterocycles. The number of aromatic hydroxyl groups is 1. The molecule has 4 heteroatoms. The van der Waals surface area contributed by atoms with Gasteiger partial charge in [0, 0.05) is 10.9 Å². The molecule has 0 aliphatic rings. The molecule has 0 saturated carbocycles. The summed E-state index contributed by atoms with van der Waals surface area (Å²) in [5, 5.41) is 12.3. The highest BCUT2D eigenvalue weighted by atomic mass is 32.1. The highest BCUT2D eigenvalue weighted by Gasteiger charge is 2.09. The lowest BCUT2D eigenvalue weighted by Crippen LogP contribution is -1.77. The molecule has 0 spiro atoms. The van der Waals surface area contributed by atoms with Crippen molar-refractivity contribution in [3.63, 3.8) is 0 Å². The zero-order valence-electron chi connectivity index (χ0n) is 9.75. The topological polar surface area (TPSA) is 46.3 Å². The summed E-state index contributed by atoms with van der Waals surface area (Å²) >= 11 is 1.53. The van der Waals surface area contributed by atoms with Crippen LogP contribution in [0.1, 0.15) is 5.76 Å². The monoisotopic (exact) mass is 257 g/mol. The van der Waals surface area contributed by atoms with E-state index in [0.29, 0.717) is 0 Å². The van der Waals surface area contributed by atoms with Crippen LogP contribution in [-0.2, 0) is 0 Å². The number of nitrogens with zero attached hydrogens (tertiary/aromatic N) is 1. The highest BCUT2D eigenvalue weighted by molar-refractivity contribution is 7.13. The quantitative estimate of drug-likeness (QED) is 0.752. The van der Waals surface area contributed by atoms with Crippen molar-refractivity contribution in [3.05, 3.63) is 47.5 Å². The molecule has 0 fully saturated rings. The van der Waals surface area contributed by atoms with Crippen molar-refractivity contribution in [2.24, 2.45) is 0 Å². The molecule has 0 amide bonds. The van der Waals surface area contributed by atoms with Gasteiger partial charge < -0.3 is 9.52 Å². The fourth-order valence-electron chi connectivity index (χ4n) is 1.73. The third-order valence-electron chi connectivity index (χ3n) is 2.59. The average Bonchev–Trinajstić information content (AvgIpc) is 2.97. The fourth-order valence-corrected chi connectivity index (χ4v) is 2.54. The van der Waals surface area contributed by atoms with Crippen molar-refractivity contribution < 1.29 is 9.52 Å². The lowest BCUT2D eigenvalue weighted by atomic mass is 10.2. The van der Waals surface area contributed by atoms with Gasteiger partial charge in [-0.25, -0.2) is 4.98 Å². The lowest BCUT2D eigenvalue weighted by molar-refractivity contribution is 0.475. The van der Waals surface area contributed by atoms with Crippen molar-refractivity contribution >= 4 is 11.3 Å². The van der Waals surface area contributed by atoms with E-state index < -0.39 is 0 Å². The summed E-state index contributed by atoms with van der Waals surface area (Å²) in [6.07, 6.45) is 0. The van der Waals surface area contributed by atoms with Gasteiger partial charge in [0.15, 0.2) is 5.76 Å². The maximum atomic E-state index is 9.46. The molecule has 0 aliphatic carbocycles. The third-order valence-corrected chi connectivity index (χ3v) is 3.48. The second kappa shape index (κ2) is 4.31. The summed E-state index contributed by atoms with van der Waals surface area (Å²) in [6.45, 7) is 1.91. The number of hydrogen-bond acceptors (Lipinski definition) is 4. The molecule has 3 aromatic rings. The Kier molecular flexibility index (Phi) is 2.64. The molecule has 0 aliphatic heterocycles. The number of hydrogen-bond donors (Lipinski definition) is 1. The Bertz CT molecular complexity index is 684. The molecule has 3 rings (SSSR count). The van der Waals surface area contributed by atoms with Crippen LogP contribution in [0, 0.1) is 6.92 Å². The number of thiazole rings is 1. The summed E-state index contributed by atoms with van der Waals surface area (Å²) in [4.78, 5) is 4.52. The van der Waals surface area contributed by atoms with Crippen LogP contribution in [-0.4, -0.2) is 10.1 Å². The molecule has 0 unspecified atom stereocenters. The maximum absolute atomic E-state index is 9.46. The van der Waals surface area contributed by atoms with E-state index in [-0.39, 0.29) is 5.75 Å². The molecule has 18 heavy (non-hydrogen) atoms. The Hall–Kier alpha value is -2.07. The third kappa shape index (κ3) is 2.02.